The molecule has 6 heteroatoms. The highest BCUT2D eigenvalue weighted by Gasteiger charge is 2.35. The van der Waals surface area contributed by atoms with Gasteiger partial charge in [-0.1, -0.05) is 0 Å². The molecule has 0 saturated carbocycles. The van der Waals surface area contributed by atoms with Crippen LogP contribution in [-0.4, -0.2) is 53.9 Å². The lowest BCUT2D eigenvalue weighted by atomic mass is 10.1. The van der Waals surface area contributed by atoms with Crippen LogP contribution in [0, 0.1) is 5.41 Å². The molecule has 0 amide bonds. The second-order valence-corrected chi connectivity index (χ2v) is 4.65. The van der Waals surface area contributed by atoms with Crippen molar-refractivity contribution in [3.63, 3.8) is 0 Å². The lowest BCUT2D eigenvalue weighted by molar-refractivity contribution is 0.245. The summed E-state index contributed by atoms with van der Waals surface area (Å²) in [5.74, 6) is 0.161. The van der Waals surface area contributed by atoms with E-state index in [0.29, 0.717) is 12.1 Å². The Balaban J connectivity index is 2.04. The average molecular weight is 224 g/mol. The monoisotopic (exact) mass is 224 g/mol. The van der Waals surface area contributed by atoms with Crippen molar-refractivity contribution in [3.05, 3.63) is 0 Å². The molecule has 2 fully saturated rings. The van der Waals surface area contributed by atoms with Crippen LogP contribution in [0.1, 0.15) is 19.3 Å². The van der Waals surface area contributed by atoms with Gasteiger partial charge < -0.3 is 16.4 Å². The predicted molar refractivity (Wildman–Crippen MR) is 64.3 cm³/mol. The van der Waals surface area contributed by atoms with Gasteiger partial charge in [0.15, 0.2) is 5.96 Å². The fraction of sp³-hybridized carbons (Fsp3) is 0.800. The fourth-order valence-corrected chi connectivity index (χ4v) is 2.69. The second kappa shape index (κ2) is 4.29. The number of guanidine groups is 2. The number of rotatable bonds is 0. The summed E-state index contributed by atoms with van der Waals surface area (Å²) in [6, 6.07) is 1.21. The van der Waals surface area contributed by atoms with Gasteiger partial charge in [-0.2, -0.15) is 4.99 Å². The van der Waals surface area contributed by atoms with E-state index in [-0.39, 0.29) is 11.9 Å². The van der Waals surface area contributed by atoms with E-state index in [1.54, 1.807) is 0 Å². The minimum Gasteiger partial charge on any atom is -0.370 e. The normalized spacial score (nSPS) is 29.9. The molecule has 0 aromatic carbocycles. The average Bonchev–Trinajstić information content (AvgIpc) is 2.39. The first-order valence-corrected chi connectivity index (χ1v) is 5.73. The number of aliphatic imine (C=N–C) groups is 1. The van der Waals surface area contributed by atoms with Crippen molar-refractivity contribution in [2.24, 2.45) is 16.5 Å². The lowest BCUT2D eigenvalue weighted by Gasteiger charge is -2.25. The number of nitrogens with one attached hydrogen (secondary N) is 1. The van der Waals surface area contributed by atoms with Crippen LogP contribution in [-0.2, 0) is 0 Å². The summed E-state index contributed by atoms with van der Waals surface area (Å²) in [5, 5.41) is 7.82. The molecule has 0 spiro atoms. The molecule has 0 radical (unpaired) electrons. The maximum atomic E-state index is 7.82. The van der Waals surface area contributed by atoms with Crippen molar-refractivity contribution in [1.29, 1.82) is 5.41 Å². The SMILES string of the molecule is CN1C2CCC1CN(C(=N)N=C(N)N)CC2. The standard InChI is InChI=1S/C10H20N6/c1-15-7-2-3-8(15)6-16(5-4-7)10(13)14-9(11)12/h7-8H,2-6H2,1H3,(H5,11,12,13,14). The van der Waals surface area contributed by atoms with E-state index >= 15 is 0 Å². The zero-order chi connectivity index (χ0) is 11.7. The Morgan fingerprint density at radius 2 is 1.94 bits per heavy atom. The van der Waals surface area contributed by atoms with Gasteiger partial charge in [-0.05, 0) is 26.3 Å². The molecular weight excluding hydrogens is 204 g/mol. The number of nitrogens with two attached hydrogens (primary N) is 2. The van der Waals surface area contributed by atoms with Gasteiger partial charge in [0, 0.05) is 25.2 Å². The lowest BCUT2D eigenvalue weighted by Crippen LogP contribution is -2.40. The van der Waals surface area contributed by atoms with E-state index in [4.69, 9.17) is 16.9 Å². The Morgan fingerprint density at radius 1 is 1.25 bits per heavy atom. The van der Waals surface area contributed by atoms with Crippen molar-refractivity contribution < 1.29 is 0 Å². The first-order chi connectivity index (χ1) is 7.58. The molecule has 2 atom stereocenters. The molecule has 16 heavy (non-hydrogen) atoms. The summed E-state index contributed by atoms with van der Waals surface area (Å²) in [6.45, 7) is 1.74. The summed E-state index contributed by atoms with van der Waals surface area (Å²) in [6.07, 6.45) is 3.59. The molecule has 2 rings (SSSR count). The maximum absolute atomic E-state index is 7.82. The number of nitrogens with zero attached hydrogens (tertiary/aromatic N) is 3. The molecule has 2 aliphatic heterocycles. The van der Waals surface area contributed by atoms with Crippen LogP contribution < -0.4 is 11.5 Å². The van der Waals surface area contributed by atoms with Gasteiger partial charge in [0.1, 0.15) is 0 Å². The van der Waals surface area contributed by atoms with Crippen LogP contribution in [0.3, 0.4) is 0 Å². The Hall–Kier alpha value is -1.30. The van der Waals surface area contributed by atoms with Gasteiger partial charge in [0.25, 0.3) is 0 Å². The number of likely N-dealkylation sites (tertiary alicyclic amines) is 1. The molecule has 2 heterocycles. The van der Waals surface area contributed by atoms with Gasteiger partial charge in [0.2, 0.25) is 5.96 Å². The number of fused-ring (bicyclic) bond motifs is 2. The van der Waals surface area contributed by atoms with E-state index in [9.17, 15) is 0 Å². The summed E-state index contributed by atoms with van der Waals surface area (Å²) in [5.41, 5.74) is 10.6. The quantitative estimate of drug-likeness (QED) is 0.377. The smallest absolute Gasteiger partial charge is 0.221 e. The van der Waals surface area contributed by atoms with Gasteiger partial charge in [-0.15, -0.1) is 0 Å². The van der Waals surface area contributed by atoms with Crippen LogP contribution in [0.5, 0.6) is 0 Å². The first kappa shape index (κ1) is 11.2. The first-order valence-electron chi connectivity index (χ1n) is 5.73. The fourth-order valence-electron chi connectivity index (χ4n) is 2.69. The largest absolute Gasteiger partial charge is 0.370 e. The van der Waals surface area contributed by atoms with Crippen molar-refractivity contribution >= 4 is 11.9 Å². The van der Waals surface area contributed by atoms with Crippen LogP contribution in [0.2, 0.25) is 0 Å². The molecule has 0 aromatic rings. The zero-order valence-electron chi connectivity index (χ0n) is 9.69. The molecule has 6 nitrogen and oxygen atoms in total. The minimum atomic E-state index is -0.0345. The van der Waals surface area contributed by atoms with Crippen LogP contribution >= 0.6 is 0 Å². The molecule has 0 aromatic heterocycles. The Labute approximate surface area is 95.8 Å². The van der Waals surface area contributed by atoms with Gasteiger partial charge in [-0.3, -0.25) is 10.3 Å². The highest BCUT2D eigenvalue weighted by Crippen LogP contribution is 2.28. The number of hydrogen-bond donors (Lipinski definition) is 3. The minimum absolute atomic E-state index is 0.0345. The molecule has 5 N–H and O–H groups in total. The van der Waals surface area contributed by atoms with E-state index in [1.165, 1.54) is 12.8 Å². The third-order valence-electron chi connectivity index (χ3n) is 3.68. The van der Waals surface area contributed by atoms with Crippen molar-refractivity contribution in [1.82, 2.24) is 9.80 Å². The van der Waals surface area contributed by atoms with Gasteiger partial charge in [0.05, 0.1) is 0 Å². The van der Waals surface area contributed by atoms with Gasteiger partial charge in [-0.25, -0.2) is 0 Å². The summed E-state index contributed by atoms with van der Waals surface area (Å²) in [4.78, 5) is 8.22. The van der Waals surface area contributed by atoms with E-state index < -0.39 is 0 Å². The van der Waals surface area contributed by atoms with Crippen molar-refractivity contribution in [2.45, 2.75) is 31.3 Å². The zero-order valence-corrected chi connectivity index (χ0v) is 9.69. The predicted octanol–water partition coefficient (Wildman–Crippen LogP) is -0.637. The van der Waals surface area contributed by atoms with E-state index in [1.807, 2.05) is 4.90 Å². The van der Waals surface area contributed by atoms with Crippen LogP contribution in [0.15, 0.2) is 4.99 Å². The van der Waals surface area contributed by atoms with E-state index in [0.717, 1.165) is 19.5 Å². The highest BCUT2D eigenvalue weighted by molar-refractivity contribution is 5.91. The summed E-state index contributed by atoms with van der Waals surface area (Å²) < 4.78 is 0. The molecular formula is C10H20N6. The Kier molecular flexibility index (Phi) is 3.00. The number of likely N-dealkylation sites (N-methyl/N-ethyl adjacent to an activating group) is 1. The third-order valence-corrected chi connectivity index (χ3v) is 3.68. The number of hydrogen-bond acceptors (Lipinski definition) is 2. The molecule has 0 aliphatic carbocycles. The highest BCUT2D eigenvalue weighted by atomic mass is 15.3. The molecule has 2 unspecified atom stereocenters. The topological polar surface area (TPSA) is 94.7 Å². The second-order valence-electron chi connectivity index (χ2n) is 4.65. The third kappa shape index (κ3) is 2.11. The Morgan fingerprint density at radius 3 is 2.62 bits per heavy atom. The van der Waals surface area contributed by atoms with E-state index in [2.05, 4.69) is 16.9 Å². The van der Waals surface area contributed by atoms with Crippen LogP contribution in [0.25, 0.3) is 0 Å². The van der Waals surface area contributed by atoms with Crippen molar-refractivity contribution in [2.75, 3.05) is 20.1 Å². The molecule has 2 bridgehead atoms. The Bertz CT molecular complexity index is 308. The molecule has 90 valence electrons. The molecule has 2 saturated heterocycles. The molecule has 2 aliphatic rings. The summed E-state index contributed by atoms with van der Waals surface area (Å²) in [7, 11) is 2.18. The van der Waals surface area contributed by atoms with Crippen LogP contribution in [0.4, 0.5) is 0 Å². The summed E-state index contributed by atoms with van der Waals surface area (Å²) >= 11 is 0. The van der Waals surface area contributed by atoms with Crippen molar-refractivity contribution in [3.8, 4) is 0 Å². The van der Waals surface area contributed by atoms with Gasteiger partial charge >= 0.3 is 0 Å². The maximum Gasteiger partial charge on any atom is 0.221 e.